The standard InChI is InChI=1S/C18H19ClN2O/c1-12-9-10-16(17(19)20-12)18(22)21-15-8-4-7-13-5-2-3-6-14(13)11-15/h2-3,5-6,9-10,15H,4,7-8,11H2,1H3,(H,21,22). The normalized spacial score (nSPS) is 17.5. The lowest BCUT2D eigenvalue weighted by Gasteiger charge is -2.17. The summed E-state index contributed by atoms with van der Waals surface area (Å²) < 4.78 is 0. The molecule has 0 aliphatic heterocycles. The van der Waals surface area contributed by atoms with Crippen LogP contribution in [-0.2, 0) is 12.8 Å². The maximum Gasteiger partial charge on any atom is 0.254 e. The molecule has 1 unspecified atom stereocenters. The monoisotopic (exact) mass is 314 g/mol. The summed E-state index contributed by atoms with van der Waals surface area (Å²) in [7, 11) is 0. The first-order valence-corrected chi connectivity index (χ1v) is 8.02. The highest BCUT2D eigenvalue weighted by Gasteiger charge is 2.20. The fourth-order valence-corrected chi connectivity index (χ4v) is 3.27. The van der Waals surface area contributed by atoms with E-state index in [1.165, 1.54) is 11.1 Å². The molecule has 1 heterocycles. The highest BCUT2D eigenvalue weighted by molar-refractivity contribution is 6.32. The Morgan fingerprint density at radius 2 is 2.00 bits per heavy atom. The van der Waals surface area contributed by atoms with Crippen molar-refractivity contribution in [1.82, 2.24) is 10.3 Å². The van der Waals surface area contributed by atoms with Crippen molar-refractivity contribution >= 4 is 17.5 Å². The predicted molar refractivity (Wildman–Crippen MR) is 88.3 cm³/mol. The van der Waals surface area contributed by atoms with Crippen molar-refractivity contribution in [2.75, 3.05) is 0 Å². The second kappa shape index (κ2) is 6.49. The van der Waals surface area contributed by atoms with Crippen molar-refractivity contribution in [3.8, 4) is 0 Å². The Bertz CT molecular complexity index is 699. The van der Waals surface area contributed by atoms with Crippen molar-refractivity contribution in [3.05, 3.63) is 63.9 Å². The molecule has 0 saturated carbocycles. The van der Waals surface area contributed by atoms with Gasteiger partial charge in [-0.2, -0.15) is 0 Å². The minimum absolute atomic E-state index is 0.137. The first kappa shape index (κ1) is 15.0. The quantitative estimate of drug-likeness (QED) is 0.678. The summed E-state index contributed by atoms with van der Waals surface area (Å²) in [6.45, 7) is 1.86. The van der Waals surface area contributed by atoms with Crippen LogP contribution in [0.25, 0.3) is 0 Å². The van der Waals surface area contributed by atoms with Crippen molar-refractivity contribution < 1.29 is 4.79 Å². The van der Waals surface area contributed by atoms with Crippen LogP contribution in [0.2, 0.25) is 5.15 Å². The van der Waals surface area contributed by atoms with Crippen LogP contribution in [0.15, 0.2) is 36.4 Å². The van der Waals surface area contributed by atoms with Gasteiger partial charge in [0.05, 0.1) is 5.56 Å². The van der Waals surface area contributed by atoms with E-state index < -0.39 is 0 Å². The molecule has 114 valence electrons. The summed E-state index contributed by atoms with van der Waals surface area (Å²) in [5.41, 5.74) is 3.99. The lowest BCUT2D eigenvalue weighted by molar-refractivity contribution is 0.0935. The van der Waals surface area contributed by atoms with E-state index in [9.17, 15) is 4.79 Å². The van der Waals surface area contributed by atoms with Crippen molar-refractivity contribution in [2.24, 2.45) is 0 Å². The first-order valence-electron chi connectivity index (χ1n) is 7.64. The number of nitrogens with zero attached hydrogens (tertiary/aromatic N) is 1. The Morgan fingerprint density at radius 1 is 1.23 bits per heavy atom. The number of rotatable bonds is 2. The highest BCUT2D eigenvalue weighted by atomic mass is 35.5. The molecule has 1 N–H and O–H groups in total. The number of amides is 1. The molecule has 1 aromatic heterocycles. The molecular weight excluding hydrogens is 296 g/mol. The third kappa shape index (κ3) is 3.30. The maximum atomic E-state index is 12.4. The average Bonchev–Trinajstić information content (AvgIpc) is 2.68. The smallest absolute Gasteiger partial charge is 0.254 e. The van der Waals surface area contributed by atoms with Gasteiger partial charge in [-0.1, -0.05) is 35.9 Å². The molecule has 4 heteroatoms. The molecule has 0 bridgehead atoms. The number of halogens is 1. The summed E-state index contributed by atoms with van der Waals surface area (Å²) in [5, 5.41) is 3.38. The van der Waals surface area contributed by atoms with Crippen LogP contribution in [0.3, 0.4) is 0 Å². The average molecular weight is 315 g/mol. The third-order valence-electron chi connectivity index (χ3n) is 4.15. The van der Waals surface area contributed by atoms with Crippen LogP contribution < -0.4 is 5.32 Å². The Balaban J connectivity index is 1.74. The Morgan fingerprint density at radius 3 is 2.77 bits per heavy atom. The molecule has 0 radical (unpaired) electrons. The zero-order chi connectivity index (χ0) is 15.5. The Kier molecular flexibility index (Phi) is 4.44. The molecule has 3 rings (SSSR count). The topological polar surface area (TPSA) is 42.0 Å². The number of pyridine rings is 1. The molecule has 1 amide bonds. The molecule has 1 aliphatic carbocycles. The van der Waals surface area contributed by atoms with Gasteiger partial charge >= 0.3 is 0 Å². The van der Waals surface area contributed by atoms with Crippen LogP contribution in [0.5, 0.6) is 0 Å². The number of benzene rings is 1. The van der Waals surface area contributed by atoms with E-state index in [0.717, 1.165) is 31.4 Å². The zero-order valence-electron chi connectivity index (χ0n) is 12.6. The van der Waals surface area contributed by atoms with Crippen molar-refractivity contribution in [1.29, 1.82) is 0 Å². The minimum atomic E-state index is -0.137. The number of nitrogens with one attached hydrogen (secondary N) is 1. The number of hydrogen-bond donors (Lipinski definition) is 1. The third-order valence-corrected chi connectivity index (χ3v) is 4.44. The molecular formula is C18H19ClN2O. The molecule has 0 saturated heterocycles. The van der Waals surface area contributed by atoms with Gasteiger partial charge in [0.15, 0.2) is 0 Å². The van der Waals surface area contributed by atoms with E-state index in [1.807, 2.05) is 13.0 Å². The second-order valence-corrected chi connectivity index (χ2v) is 6.18. The molecule has 0 fully saturated rings. The van der Waals surface area contributed by atoms with Crippen molar-refractivity contribution in [2.45, 2.75) is 38.6 Å². The van der Waals surface area contributed by atoms with Gasteiger partial charge < -0.3 is 5.32 Å². The van der Waals surface area contributed by atoms with E-state index in [1.54, 1.807) is 6.07 Å². The second-order valence-electron chi connectivity index (χ2n) is 5.83. The van der Waals surface area contributed by atoms with Gasteiger partial charge in [0, 0.05) is 11.7 Å². The number of aromatic nitrogens is 1. The van der Waals surface area contributed by atoms with E-state index in [-0.39, 0.29) is 17.1 Å². The summed E-state index contributed by atoms with van der Waals surface area (Å²) >= 11 is 6.08. The van der Waals surface area contributed by atoms with Crippen LogP contribution >= 0.6 is 11.6 Å². The molecule has 22 heavy (non-hydrogen) atoms. The number of aryl methyl sites for hydroxylation is 2. The Labute approximate surface area is 135 Å². The van der Waals surface area contributed by atoms with Gasteiger partial charge in [-0.25, -0.2) is 4.98 Å². The predicted octanol–water partition coefficient (Wildman–Crippen LogP) is 3.72. The van der Waals surface area contributed by atoms with E-state index >= 15 is 0 Å². The molecule has 1 aliphatic rings. The maximum absolute atomic E-state index is 12.4. The van der Waals surface area contributed by atoms with Crippen molar-refractivity contribution in [3.63, 3.8) is 0 Å². The molecule has 1 atom stereocenters. The fourth-order valence-electron chi connectivity index (χ4n) is 2.99. The molecule has 1 aromatic carbocycles. The van der Waals surface area contributed by atoms with Gasteiger partial charge in [0.25, 0.3) is 5.91 Å². The van der Waals surface area contributed by atoms with E-state index in [0.29, 0.717) is 5.56 Å². The fraction of sp³-hybridized carbons (Fsp3) is 0.333. The van der Waals surface area contributed by atoms with Gasteiger partial charge in [0.1, 0.15) is 5.15 Å². The van der Waals surface area contributed by atoms with Gasteiger partial charge in [-0.15, -0.1) is 0 Å². The largest absolute Gasteiger partial charge is 0.349 e. The van der Waals surface area contributed by atoms with Crippen LogP contribution in [0.1, 0.15) is 40.0 Å². The summed E-state index contributed by atoms with van der Waals surface area (Å²) in [6, 6.07) is 12.2. The number of carbonyl (C=O) groups excluding carboxylic acids is 1. The summed E-state index contributed by atoms with van der Waals surface area (Å²) in [5.74, 6) is -0.137. The summed E-state index contributed by atoms with van der Waals surface area (Å²) in [6.07, 6.45) is 4.02. The summed E-state index contributed by atoms with van der Waals surface area (Å²) in [4.78, 5) is 16.6. The lowest BCUT2D eigenvalue weighted by atomic mass is 10.0. The van der Waals surface area contributed by atoms with E-state index in [4.69, 9.17) is 11.6 Å². The SMILES string of the molecule is Cc1ccc(C(=O)NC2CCCc3ccccc3C2)c(Cl)n1. The minimum Gasteiger partial charge on any atom is -0.349 e. The number of carbonyl (C=O) groups is 1. The van der Waals surface area contributed by atoms with Gasteiger partial charge in [-0.05, 0) is 55.9 Å². The number of hydrogen-bond acceptors (Lipinski definition) is 2. The highest BCUT2D eigenvalue weighted by Crippen LogP contribution is 2.21. The lowest BCUT2D eigenvalue weighted by Crippen LogP contribution is -2.36. The number of fused-ring (bicyclic) bond motifs is 1. The van der Waals surface area contributed by atoms with Crippen LogP contribution in [-0.4, -0.2) is 16.9 Å². The van der Waals surface area contributed by atoms with Crippen LogP contribution in [0.4, 0.5) is 0 Å². The van der Waals surface area contributed by atoms with Gasteiger partial charge in [0.2, 0.25) is 0 Å². The molecule has 0 spiro atoms. The molecule has 3 nitrogen and oxygen atoms in total. The van der Waals surface area contributed by atoms with E-state index in [2.05, 4.69) is 34.6 Å². The molecule has 2 aromatic rings. The first-order chi connectivity index (χ1) is 10.6. The zero-order valence-corrected chi connectivity index (χ0v) is 13.4. The Hall–Kier alpha value is -1.87. The van der Waals surface area contributed by atoms with Crippen LogP contribution in [0, 0.1) is 6.92 Å². The van der Waals surface area contributed by atoms with Gasteiger partial charge in [-0.3, -0.25) is 4.79 Å².